The van der Waals surface area contributed by atoms with Crippen LogP contribution in [0.25, 0.3) is 0 Å². The minimum Gasteiger partial charge on any atom is -0.481 e. The van der Waals surface area contributed by atoms with Crippen LogP contribution in [0.1, 0.15) is 32.6 Å². The van der Waals surface area contributed by atoms with Gasteiger partial charge in [-0.2, -0.15) is 0 Å². The fraction of sp³-hybridized carbons (Fsp3) is 0.600. The summed E-state index contributed by atoms with van der Waals surface area (Å²) in [5, 5.41) is 19.2. The predicted octanol–water partition coefficient (Wildman–Crippen LogP) is 1.76. The summed E-state index contributed by atoms with van der Waals surface area (Å²) in [6.07, 6.45) is 1.95. The zero-order valence-electron chi connectivity index (χ0n) is 9.55. The van der Waals surface area contributed by atoms with Gasteiger partial charge < -0.3 is 10.4 Å². The van der Waals surface area contributed by atoms with Gasteiger partial charge in [0.15, 0.2) is 0 Å². The Hall–Kier alpha value is -1.50. The van der Waals surface area contributed by atoms with Crippen molar-refractivity contribution in [2.75, 3.05) is 5.32 Å². The van der Waals surface area contributed by atoms with Crippen molar-refractivity contribution in [3.63, 3.8) is 0 Å². The molecule has 0 aromatic carbocycles. The van der Waals surface area contributed by atoms with Crippen LogP contribution in [0.15, 0.2) is 5.51 Å². The van der Waals surface area contributed by atoms with Crippen molar-refractivity contribution in [2.24, 2.45) is 5.92 Å². The number of amides is 1. The van der Waals surface area contributed by atoms with Crippen molar-refractivity contribution in [1.29, 1.82) is 0 Å². The molecule has 1 aromatic heterocycles. The molecule has 0 aliphatic rings. The summed E-state index contributed by atoms with van der Waals surface area (Å²) in [4.78, 5) is 22.3. The molecule has 0 spiro atoms. The Balaban J connectivity index is 2.33. The van der Waals surface area contributed by atoms with Crippen LogP contribution in [-0.2, 0) is 9.59 Å². The number of hydrogen-bond acceptors (Lipinski definition) is 5. The van der Waals surface area contributed by atoms with Crippen LogP contribution in [0.2, 0.25) is 0 Å². The molecule has 2 N–H and O–H groups in total. The maximum absolute atomic E-state index is 11.5. The van der Waals surface area contributed by atoms with Gasteiger partial charge in [0.05, 0.1) is 5.92 Å². The van der Waals surface area contributed by atoms with Gasteiger partial charge in [0.1, 0.15) is 5.51 Å². The molecule has 1 atom stereocenters. The highest BCUT2D eigenvalue weighted by Crippen LogP contribution is 2.15. The zero-order chi connectivity index (χ0) is 12.7. The number of rotatable bonds is 7. The fourth-order valence-electron chi connectivity index (χ4n) is 1.45. The molecule has 1 unspecified atom stereocenters. The monoisotopic (exact) mass is 257 g/mol. The Labute approximate surface area is 103 Å². The van der Waals surface area contributed by atoms with Crippen molar-refractivity contribution < 1.29 is 14.7 Å². The normalized spacial score (nSPS) is 12.1. The molecule has 0 aliphatic heterocycles. The van der Waals surface area contributed by atoms with E-state index in [4.69, 9.17) is 5.11 Å². The third kappa shape index (κ3) is 4.90. The minimum absolute atomic E-state index is 0.191. The number of carboxylic acid groups (broad SMARTS) is 1. The van der Waals surface area contributed by atoms with E-state index in [-0.39, 0.29) is 12.3 Å². The molecule has 6 nitrogen and oxygen atoms in total. The number of carbonyl (C=O) groups is 2. The molecule has 0 saturated heterocycles. The van der Waals surface area contributed by atoms with Gasteiger partial charge in [-0.3, -0.25) is 9.59 Å². The second-order valence-corrected chi connectivity index (χ2v) is 4.49. The third-order valence-electron chi connectivity index (χ3n) is 2.31. The van der Waals surface area contributed by atoms with Gasteiger partial charge in [-0.25, -0.2) is 0 Å². The van der Waals surface area contributed by atoms with Gasteiger partial charge in [-0.1, -0.05) is 24.7 Å². The lowest BCUT2D eigenvalue weighted by molar-refractivity contribution is -0.142. The largest absolute Gasteiger partial charge is 0.481 e. The number of hydrogen-bond donors (Lipinski definition) is 2. The second-order valence-electron chi connectivity index (χ2n) is 3.65. The van der Waals surface area contributed by atoms with Crippen LogP contribution in [0.4, 0.5) is 5.13 Å². The minimum atomic E-state index is -0.837. The molecule has 0 saturated carbocycles. The van der Waals surface area contributed by atoms with Crippen LogP contribution in [0.5, 0.6) is 0 Å². The zero-order valence-corrected chi connectivity index (χ0v) is 10.4. The molecular weight excluding hydrogens is 242 g/mol. The van der Waals surface area contributed by atoms with E-state index in [1.165, 1.54) is 16.8 Å². The highest BCUT2D eigenvalue weighted by Gasteiger charge is 2.17. The molecule has 1 amide bonds. The van der Waals surface area contributed by atoms with Gasteiger partial charge in [0, 0.05) is 6.42 Å². The summed E-state index contributed by atoms with van der Waals surface area (Å²) in [5.74, 6) is -1.50. The summed E-state index contributed by atoms with van der Waals surface area (Å²) >= 11 is 1.23. The van der Waals surface area contributed by atoms with Gasteiger partial charge in [0.25, 0.3) is 0 Å². The maximum atomic E-state index is 11.5. The molecule has 1 heterocycles. The van der Waals surface area contributed by atoms with E-state index in [0.717, 1.165) is 6.42 Å². The smallest absolute Gasteiger partial charge is 0.306 e. The van der Waals surface area contributed by atoms with Crippen LogP contribution in [0, 0.1) is 5.92 Å². The van der Waals surface area contributed by atoms with Gasteiger partial charge in [-0.05, 0) is 12.8 Å². The van der Waals surface area contributed by atoms with Crippen LogP contribution in [0.3, 0.4) is 0 Å². The first-order valence-electron chi connectivity index (χ1n) is 5.42. The Morgan fingerprint density at radius 1 is 1.53 bits per heavy atom. The number of aliphatic carboxylic acids is 1. The van der Waals surface area contributed by atoms with Gasteiger partial charge in [-0.15, -0.1) is 10.2 Å². The maximum Gasteiger partial charge on any atom is 0.306 e. The van der Waals surface area contributed by atoms with Crippen LogP contribution in [-0.4, -0.2) is 27.2 Å². The van der Waals surface area contributed by atoms with E-state index in [0.29, 0.717) is 18.0 Å². The van der Waals surface area contributed by atoms with E-state index in [9.17, 15) is 9.59 Å². The number of carbonyl (C=O) groups excluding carboxylic acids is 1. The molecule has 7 heteroatoms. The lowest BCUT2D eigenvalue weighted by atomic mass is 9.98. The molecule has 0 fully saturated rings. The van der Waals surface area contributed by atoms with Crippen molar-refractivity contribution >= 4 is 28.3 Å². The third-order valence-corrected chi connectivity index (χ3v) is 2.92. The molecule has 0 aliphatic carbocycles. The first-order chi connectivity index (χ1) is 8.13. The van der Waals surface area contributed by atoms with E-state index in [2.05, 4.69) is 15.5 Å². The Morgan fingerprint density at radius 2 is 2.29 bits per heavy atom. The standard InChI is InChI=1S/C10H15N3O3S/c1-2-3-7(9(15)16)4-5-8(14)12-10-13-11-6-17-10/h6-7H,2-5H2,1H3,(H,15,16)(H,12,13,14). The number of carboxylic acids is 1. The van der Waals surface area contributed by atoms with E-state index in [1.807, 2.05) is 6.92 Å². The topological polar surface area (TPSA) is 92.2 Å². The lowest BCUT2D eigenvalue weighted by Crippen LogP contribution is -2.18. The van der Waals surface area contributed by atoms with Crippen LogP contribution >= 0.6 is 11.3 Å². The molecular formula is C10H15N3O3S. The summed E-state index contributed by atoms with van der Waals surface area (Å²) in [7, 11) is 0. The summed E-state index contributed by atoms with van der Waals surface area (Å²) in [6, 6.07) is 0. The quantitative estimate of drug-likeness (QED) is 0.776. The van der Waals surface area contributed by atoms with E-state index in [1.54, 1.807) is 0 Å². The molecule has 0 bridgehead atoms. The fourth-order valence-corrected chi connectivity index (χ4v) is 1.92. The molecule has 1 rings (SSSR count). The highest BCUT2D eigenvalue weighted by atomic mass is 32.1. The SMILES string of the molecule is CCCC(CCC(=O)Nc1nncs1)C(=O)O. The average Bonchev–Trinajstić information content (AvgIpc) is 2.76. The number of anilines is 1. The predicted molar refractivity (Wildman–Crippen MR) is 63.8 cm³/mol. The van der Waals surface area contributed by atoms with Gasteiger partial charge in [0.2, 0.25) is 11.0 Å². The van der Waals surface area contributed by atoms with Gasteiger partial charge >= 0.3 is 5.97 Å². The number of aromatic nitrogens is 2. The van der Waals surface area contributed by atoms with Crippen molar-refractivity contribution in [1.82, 2.24) is 10.2 Å². The summed E-state index contributed by atoms with van der Waals surface area (Å²) < 4.78 is 0. The average molecular weight is 257 g/mol. The molecule has 17 heavy (non-hydrogen) atoms. The first-order valence-corrected chi connectivity index (χ1v) is 6.30. The Bertz CT molecular complexity index is 367. The number of nitrogens with zero attached hydrogens (tertiary/aromatic N) is 2. The highest BCUT2D eigenvalue weighted by molar-refractivity contribution is 7.13. The van der Waals surface area contributed by atoms with Crippen molar-refractivity contribution in [2.45, 2.75) is 32.6 Å². The lowest BCUT2D eigenvalue weighted by Gasteiger charge is -2.09. The number of nitrogens with one attached hydrogen (secondary N) is 1. The molecule has 94 valence electrons. The van der Waals surface area contributed by atoms with E-state index >= 15 is 0 Å². The molecule has 1 aromatic rings. The Morgan fingerprint density at radius 3 is 2.82 bits per heavy atom. The van der Waals surface area contributed by atoms with Crippen molar-refractivity contribution in [3.8, 4) is 0 Å². The summed E-state index contributed by atoms with van der Waals surface area (Å²) in [6.45, 7) is 1.93. The summed E-state index contributed by atoms with van der Waals surface area (Å²) in [5.41, 5.74) is 1.52. The second kappa shape index (κ2) is 6.95. The Kier molecular flexibility index (Phi) is 5.55. The first kappa shape index (κ1) is 13.6. The van der Waals surface area contributed by atoms with E-state index < -0.39 is 11.9 Å². The van der Waals surface area contributed by atoms with Crippen molar-refractivity contribution in [3.05, 3.63) is 5.51 Å². The van der Waals surface area contributed by atoms with Crippen LogP contribution < -0.4 is 5.32 Å². The molecule has 0 radical (unpaired) electrons.